The second-order valence-electron chi connectivity index (χ2n) is 6.99. The van der Waals surface area contributed by atoms with Crippen LogP contribution in [0, 0.1) is 6.92 Å². The van der Waals surface area contributed by atoms with Gasteiger partial charge in [-0.1, -0.05) is 36.4 Å². The Labute approximate surface area is 180 Å². The van der Waals surface area contributed by atoms with Crippen LogP contribution in [0.3, 0.4) is 0 Å². The van der Waals surface area contributed by atoms with Crippen molar-refractivity contribution in [3.8, 4) is 11.4 Å². The third-order valence-electron chi connectivity index (χ3n) is 4.83. The van der Waals surface area contributed by atoms with Gasteiger partial charge in [-0.25, -0.2) is 9.48 Å². The largest absolute Gasteiger partial charge is 0.462 e. The summed E-state index contributed by atoms with van der Waals surface area (Å²) in [5.74, 6) is -0.380. The first kappa shape index (κ1) is 20.5. The SMILES string of the molecule is CCOC(=O)c1cnn(-c2ccccc2C)c1CNCc1cnn(-c2ccccc2)n1. The summed E-state index contributed by atoms with van der Waals surface area (Å²) in [6.45, 7) is 5.02. The molecule has 0 atom stereocenters. The molecule has 4 aromatic rings. The Morgan fingerprint density at radius 2 is 1.77 bits per heavy atom. The van der Waals surface area contributed by atoms with Gasteiger partial charge in [-0.2, -0.15) is 20.1 Å². The average Bonchev–Trinajstić information content (AvgIpc) is 3.43. The lowest BCUT2D eigenvalue weighted by atomic mass is 10.2. The van der Waals surface area contributed by atoms with E-state index in [-0.39, 0.29) is 5.97 Å². The summed E-state index contributed by atoms with van der Waals surface area (Å²) < 4.78 is 7.01. The predicted molar refractivity (Wildman–Crippen MR) is 116 cm³/mol. The molecule has 0 fully saturated rings. The van der Waals surface area contributed by atoms with Crippen molar-refractivity contribution in [3.05, 3.63) is 89.5 Å². The highest BCUT2D eigenvalue weighted by molar-refractivity contribution is 5.90. The summed E-state index contributed by atoms with van der Waals surface area (Å²) in [7, 11) is 0. The van der Waals surface area contributed by atoms with Crippen molar-refractivity contribution in [2.45, 2.75) is 26.9 Å². The second kappa shape index (κ2) is 9.36. The number of nitrogens with one attached hydrogen (secondary N) is 1. The number of esters is 1. The summed E-state index contributed by atoms with van der Waals surface area (Å²) in [6.07, 6.45) is 3.29. The minimum Gasteiger partial charge on any atom is -0.462 e. The zero-order valence-electron chi connectivity index (χ0n) is 17.5. The number of hydrogen-bond donors (Lipinski definition) is 1. The van der Waals surface area contributed by atoms with Gasteiger partial charge in [0.05, 0.1) is 41.8 Å². The molecule has 158 valence electrons. The van der Waals surface area contributed by atoms with Crippen LogP contribution < -0.4 is 5.32 Å². The van der Waals surface area contributed by atoms with Crippen LogP contribution in [0.2, 0.25) is 0 Å². The molecule has 2 aromatic heterocycles. The highest BCUT2D eigenvalue weighted by Gasteiger charge is 2.20. The van der Waals surface area contributed by atoms with Crippen LogP contribution in [0.15, 0.2) is 67.0 Å². The van der Waals surface area contributed by atoms with Crippen molar-refractivity contribution in [1.29, 1.82) is 0 Å². The van der Waals surface area contributed by atoms with Crippen molar-refractivity contribution in [1.82, 2.24) is 30.1 Å². The number of ether oxygens (including phenoxy) is 1. The number of nitrogens with zero attached hydrogens (tertiary/aromatic N) is 5. The number of hydrogen-bond acceptors (Lipinski definition) is 6. The van der Waals surface area contributed by atoms with Crippen molar-refractivity contribution in [2.75, 3.05) is 6.61 Å². The molecule has 8 heteroatoms. The van der Waals surface area contributed by atoms with Gasteiger partial charge < -0.3 is 10.1 Å². The van der Waals surface area contributed by atoms with E-state index >= 15 is 0 Å². The maximum absolute atomic E-state index is 12.5. The Balaban J connectivity index is 1.53. The molecular formula is C23H24N6O2. The summed E-state index contributed by atoms with van der Waals surface area (Å²) >= 11 is 0. The number of rotatable bonds is 8. The van der Waals surface area contributed by atoms with E-state index in [0.29, 0.717) is 25.3 Å². The molecule has 2 heterocycles. The van der Waals surface area contributed by atoms with E-state index in [1.165, 1.54) is 0 Å². The van der Waals surface area contributed by atoms with Gasteiger partial charge in [-0.15, -0.1) is 0 Å². The van der Waals surface area contributed by atoms with Crippen LogP contribution in [-0.4, -0.2) is 37.4 Å². The zero-order valence-corrected chi connectivity index (χ0v) is 17.5. The molecule has 8 nitrogen and oxygen atoms in total. The van der Waals surface area contributed by atoms with E-state index in [4.69, 9.17) is 4.74 Å². The van der Waals surface area contributed by atoms with Gasteiger partial charge in [0.25, 0.3) is 0 Å². The normalized spacial score (nSPS) is 10.9. The van der Waals surface area contributed by atoms with E-state index in [9.17, 15) is 4.79 Å². The molecule has 0 radical (unpaired) electrons. The summed E-state index contributed by atoms with van der Waals surface area (Å²) in [5, 5.41) is 16.6. The lowest BCUT2D eigenvalue weighted by molar-refractivity contribution is 0.0525. The molecule has 0 saturated carbocycles. The monoisotopic (exact) mass is 416 g/mol. The predicted octanol–water partition coefficient (Wildman–Crippen LogP) is 3.23. The number of aryl methyl sites for hydroxylation is 1. The van der Waals surface area contributed by atoms with Gasteiger partial charge in [0, 0.05) is 13.1 Å². The number of aromatic nitrogens is 5. The third-order valence-corrected chi connectivity index (χ3v) is 4.83. The van der Waals surface area contributed by atoms with E-state index in [0.717, 1.165) is 28.3 Å². The molecule has 1 N–H and O–H groups in total. The molecule has 4 rings (SSSR count). The highest BCUT2D eigenvalue weighted by atomic mass is 16.5. The van der Waals surface area contributed by atoms with Crippen LogP contribution in [0.5, 0.6) is 0 Å². The number of benzene rings is 2. The van der Waals surface area contributed by atoms with E-state index < -0.39 is 0 Å². The second-order valence-corrected chi connectivity index (χ2v) is 6.99. The first-order valence-corrected chi connectivity index (χ1v) is 10.1. The fourth-order valence-electron chi connectivity index (χ4n) is 3.30. The molecule has 0 amide bonds. The summed E-state index contributed by atoms with van der Waals surface area (Å²) in [5.41, 5.74) is 4.87. The molecule has 0 spiro atoms. The van der Waals surface area contributed by atoms with Gasteiger partial charge in [0.1, 0.15) is 5.56 Å². The molecule has 0 aliphatic carbocycles. The Morgan fingerprint density at radius 3 is 2.55 bits per heavy atom. The molecule has 0 unspecified atom stereocenters. The Bertz CT molecular complexity index is 1170. The number of para-hydroxylation sites is 2. The fraction of sp³-hybridized carbons (Fsp3) is 0.217. The van der Waals surface area contributed by atoms with Gasteiger partial charge in [0.15, 0.2) is 0 Å². The molecule has 0 saturated heterocycles. The van der Waals surface area contributed by atoms with E-state index in [1.54, 1.807) is 28.8 Å². The van der Waals surface area contributed by atoms with Crippen molar-refractivity contribution < 1.29 is 9.53 Å². The standard InChI is InChI=1S/C23H24N6O2/c1-3-31-23(30)20-15-25-28(21-12-8-7-9-17(21)2)22(20)16-24-13-18-14-26-29(27-18)19-10-5-4-6-11-19/h4-12,14-15,24H,3,13,16H2,1-2H3. The maximum atomic E-state index is 12.5. The number of carbonyl (C=O) groups is 1. The minimum absolute atomic E-state index is 0.309. The van der Waals surface area contributed by atoms with Crippen LogP contribution in [0.1, 0.15) is 34.2 Å². The van der Waals surface area contributed by atoms with Crippen LogP contribution in [-0.2, 0) is 17.8 Å². The molecule has 31 heavy (non-hydrogen) atoms. The van der Waals surface area contributed by atoms with Gasteiger partial charge in [0.2, 0.25) is 0 Å². The third kappa shape index (κ3) is 4.54. The van der Waals surface area contributed by atoms with Gasteiger partial charge >= 0.3 is 5.97 Å². The van der Waals surface area contributed by atoms with Crippen molar-refractivity contribution >= 4 is 5.97 Å². The Hall–Kier alpha value is -3.78. The van der Waals surface area contributed by atoms with Gasteiger partial charge in [-0.05, 0) is 37.6 Å². The van der Waals surface area contributed by atoms with E-state index in [2.05, 4.69) is 20.6 Å². The highest BCUT2D eigenvalue weighted by Crippen LogP contribution is 2.19. The molecule has 0 aliphatic rings. The van der Waals surface area contributed by atoms with Crippen LogP contribution >= 0.6 is 0 Å². The Morgan fingerprint density at radius 1 is 1.00 bits per heavy atom. The van der Waals surface area contributed by atoms with Crippen molar-refractivity contribution in [3.63, 3.8) is 0 Å². The lowest BCUT2D eigenvalue weighted by Gasteiger charge is -2.12. The van der Waals surface area contributed by atoms with Crippen LogP contribution in [0.4, 0.5) is 0 Å². The van der Waals surface area contributed by atoms with Crippen molar-refractivity contribution in [2.24, 2.45) is 0 Å². The fourth-order valence-corrected chi connectivity index (χ4v) is 3.30. The average molecular weight is 416 g/mol. The molecular weight excluding hydrogens is 392 g/mol. The summed E-state index contributed by atoms with van der Waals surface area (Å²) in [6, 6.07) is 17.7. The first-order chi connectivity index (χ1) is 15.2. The zero-order chi connectivity index (χ0) is 21.6. The molecule has 0 aliphatic heterocycles. The quantitative estimate of drug-likeness (QED) is 0.444. The first-order valence-electron chi connectivity index (χ1n) is 10.1. The number of carbonyl (C=O) groups excluding carboxylic acids is 1. The minimum atomic E-state index is -0.380. The molecule has 0 bridgehead atoms. The lowest BCUT2D eigenvalue weighted by Crippen LogP contribution is -2.19. The summed E-state index contributed by atoms with van der Waals surface area (Å²) in [4.78, 5) is 14.1. The van der Waals surface area contributed by atoms with E-state index in [1.807, 2.05) is 61.5 Å². The maximum Gasteiger partial charge on any atom is 0.341 e. The van der Waals surface area contributed by atoms with Gasteiger partial charge in [-0.3, -0.25) is 0 Å². The topological polar surface area (TPSA) is 86.9 Å². The Kier molecular flexibility index (Phi) is 6.18. The molecule has 2 aromatic carbocycles. The smallest absolute Gasteiger partial charge is 0.341 e. The van der Waals surface area contributed by atoms with Crippen LogP contribution in [0.25, 0.3) is 11.4 Å².